The van der Waals surface area contributed by atoms with E-state index in [1.165, 1.54) is 0 Å². The van der Waals surface area contributed by atoms with Gasteiger partial charge in [0.05, 0.1) is 6.54 Å². The molecule has 0 spiro atoms. The molecule has 0 bridgehead atoms. The third-order valence-corrected chi connectivity index (χ3v) is 2.01. The fourth-order valence-corrected chi connectivity index (χ4v) is 1.26. The highest BCUT2D eigenvalue weighted by molar-refractivity contribution is 5.93. The van der Waals surface area contributed by atoms with Crippen LogP contribution < -0.4 is 5.32 Å². The van der Waals surface area contributed by atoms with Crippen molar-refractivity contribution in [3.63, 3.8) is 0 Å². The molecular weight excluding hydrogens is 206 g/mol. The van der Waals surface area contributed by atoms with Gasteiger partial charge in [0.2, 0.25) is 5.89 Å². The molecule has 1 aromatic heterocycles. The fraction of sp³-hybridized carbons (Fsp3) is 0.182. The normalized spacial score (nSPS) is 10.1. The first-order chi connectivity index (χ1) is 7.75. The van der Waals surface area contributed by atoms with E-state index >= 15 is 0 Å². The molecule has 0 aliphatic rings. The number of nitrogens with one attached hydrogen (secondary N) is 1. The number of amides is 1. The lowest BCUT2D eigenvalue weighted by molar-refractivity contribution is 0.0949. The molecule has 2 aromatic rings. The summed E-state index contributed by atoms with van der Waals surface area (Å²) in [7, 11) is 0. The molecule has 5 heteroatoms. The Balaban J connectivity index is 1.94. The predicted octanol–water partition coefficient (Wildman–Crippen LogP) is 1.31. The Bertz CT molecular complexity index is 479. The molecule has 5 nitrogen and oxygen atoms in total. The Hall–Kier alpha value is -2.17. The third kappa shape index (κ3) is 2.44. The predicted molar refractivity (Wildman–Crippen MR) is 56.6 cm³/mol. The standard InChI is InChI=1S/C11H11N3O2/c1-8-13-10(14-16-8)7-12-11(15)9-5-3-2-4-6-9/h2-6H,7H2,1H3,(H,12,15). The molecule has 0 fully saturated rings. The lowest BCUT2D eigenvalue weighted by Gasteiger charge is -2.01. The number of aromatic nitrogens is 2. The highest BCUT2D eigenvalue weighted by Crippen LogP contribution is 1.99. The van der Waals surface area contributed by atoms with Gasteiger partial charge in [0, 0.05) is 12.5 Å². The Morgan fingerprint density at radius 1 is 1.38 bits per heavy atom. The number of benzene rings is 1. The SMILES string of the molecule is Cc1nc(CNC(=O)c2ccccc2)no1. The smallest absolute Gasteiger partial charge is 0.251 e. The Morgan fingerprint density at radius 3 is 2.75 bits per heavy atom. The highest BCUT2D eigenvalue weighted by atomic mass is 16.5. The zero-order chi connectivity index (χ0) is 11.4. The van der Waals surface area contributed by atoms with Crippen molar-refractivity contribution >= 4 is 5.91 Å². The van der Waals surface area contributed by atoms with E-state index in [9.17, 15) is 4.79 Å². The number of hydrogen-bond donors (Lipinski definition) is 1. The molecule has 0 saturated heterocycles. The van der Waals surface area contributed by atoms with E-state index in [0.29, 0.717) is 17.3 Å². The van der Waals surface area contributed by atoms with Crippen LogP contribution in [0.2, 0.25) is 0 Å². The summed E-state index contributed by atoms with van der Waals surface area (Å²) in [6.45, 7) is 1.97. The number of aryl methyl sites for hydroxylation is 1. The van der Waals surface area contributed by atoms with Gasteiger partial charge in [-0.1, -0.05) is 23.4 Å². The van der Waals surface area contributed by atoms with Crippen LogP contribution in [0.4, 0.5) is 0 Å². The second-order valence-corrected chi connectivity index (χ2v) is 3.28. The lowest BCUT2D eigenvalue weighted by atomic mass is 10.2. The van der Waals surface area contributed by atoms with Crippen LogP contribution in [0.5, 0.6) is 0 Å². The van der Waals surface area contributed by atoms with Crippen molar-refractivity contribution < 1.29 is 9.32 Å². The Morgan fingerprint density at radius 2 is 2.12 bits per heavy atom. The highest BCUT2D eigenvalue weighted by Gasteiger charge is 2.06. The molecule has 1 amide bonds. The topological polar surface area (TPSA) is 68.0 Å². The summed E-state index contributed by atoms with van der Waals surface area (Å²) in [4.78, 5) is 15.6. The monoisotopic (exact) mass is 217 g/mol. The average Bonchev–Trinajstić information content (AvgIpc) is 2.73. The van der Waals surface area contributed by atoms with Gasteiger partial charge in [-0.3, -0.25) is 4.79 Å². The summed E-state index contributed by atoms with van der Waals surface area (Å²) < 4.78 is 4.79. The first kappa shape index (κ1) is 10.4. The minimum Gasteiger partial charge on any atom is -0.345 e. The minimum atomic E-state index is -0.150. The molecule has 0 saturated carbocycles. The van der Waals surface area contributed by atoms with Gasteiger partial charge < -0.3 is 9.84 Å². The molecule has 1 aromatic carbocycles. The molecule has 0 radical (unpaired) electrons. The number of hydrogen-bond acceptors (Lipinski definition) is 4. The van der Waals surface area contributed by atoms with Crippen LogP contribution in [-0.2, 0) is 6.54 Å². The molecular formula is C11H11N3O2. The second kappa shape index (κ2) is 4.57. The van der Waals surface area contributed by atoms with Crippen LogP contribution in [0, 0.1) is 6.92 Å². The van der Waals surface area contributed by atoms with Crippen LogP contribution in [-0.4, -0.2) is 16.0 Å². The van der Waals surface area contributed by atoms with Crippen LogP contribution in [0.1, 0.15) is 22.1 Å². The van der Waals surface area contributed by atoms with Gasteiger partial charge in [0.1, 0.15) is 0 Å². The first-order valence-electron chi connectivity index (χ1n) is 4.88. The van der Waals surface area contributed by atoms with Crippen molar-refractivity contribution in [2.24, 2.45) is 0 Å². The van der Waals surface area contributed by atoms with Gasteiger partial charge in [-0.15, -0.1) is 0 Å². The third-order valence-electron chi connectivity index (χ3n) is 2.01. The van der Waals surface area contributed by atoms with E-state index in [0.717, 1.165) is 0 Å². The fourth-order valence-electron chi connectivity index (χ4n) is 1.26. The molecule has 0 unspecified atom stereocenters. The van der Waals surface area contributed by atoms with E-state index in [1.807, 2.05) is 18.2 Å². The van der Waals surface area contributed by atoms with Gasteiger partial charge >= 0.3 is 0 Å². The molecule has 16 heavy (non-hydrogen) atoms. The maximum atomic E-state index is 11.6. The summed E-state index contributed by atoms with van der Waals surface area (Å²) in [5.74, 6) is 0.814. The van der Waals surface area contributed by atoms with E-state index in [4.69, 9.17) is 4.52 Å². The van der Waals surface area contributed by atoms with Crippen LogP contribution in [0.25, 0.3) is 0 Å². The molecule has 0 aliphatic heterocycles. The minimum absolute atomic E-state index is 0.150. The van der Waals surface area contributed by atoms with Gasteiger partial charge in [0.15, 0.2) is 5.82 Å². The van der Waals surface area contributed by atoms with Gasteiger partial charge in [-0.2, -0.15) is 4.98 Å². The molecule has 0 atom stereocenters. The zero-order valence-electron chi connectivity index (χ0n) is 8.80. The van der Waals surface area contributed by atoms with E-state index in [-0.39, 0.29) is 12.5 Å². The molecule has 0 aliphatic carbocycles. The molecule has 1 N–H and O–H groups in total. The first-order valence-corrected chi connectivity index (χ1v) is 4.88. The van der Waals surface area contributed by atoms with Crippen molar-refractivity contribution in [3.8, 4) is 0 Å². The summed E-state index contributed by atoms with van der Waals surface area (Å²) in [6, 6.07) is 8.98. The number of carbonyl (C=O) groups is 1. The summed E-state index contributed by atoms with van der Waals surface area (Å²) >= 11 is 0. The van der Waals surface area contributed by atoms with Crippen molar-refractivity contribution in [1.29, 1.82) is 0 Å². The molecule has 2 rings (SSSR count). The maximum Gasteiger partial charge on any atom is 0.251 e. The van der Waals surface area contributed by atoms with Crippen molar-refractivity contribution in [1.82, 2.24) is 15.5 Å². The Labute approximate surface area is 92.5 Å². The number of rotatable bonds is 3. The van der Waals surface area contributed by atoms with E-state index in [1.54, 1.807) is 19.1 Å². The maximum absolute atomic E-state index is 11.6. The van der Waals surface area contributed by atoms with Gasteiger partial charge in [-0.05, 0) is 12.1 Å². The van der Waals surface area contributed by atoms with E-state index in [2.05, 4.69) is 15.5 Å². The van der Waals surface area contributed by atoms with Crippen LogP contribution >= 0.6 is 0 Å². The van der Waals surface area contributed by atoms with Crippen LogP contribution in [0.3, 0.4) is 0 Å². The summed E-state index contributed by atoms with van der Waals surface area (Å²) in [5, 5.41) is 6.39. The largest absolute Gasteiger partial charge is 0.345 e. The Kier molecular flexibility index (Phi) is 2.95. The number of carbonyl (C=O) groups excluding carboxylic acids is 1. The molecule has 82 valence electrons. The average molecular weight is 217 g/mol. The van der Waals surface area contributed by atoms with Crippen molar-refractivity contribution in [2.45, 2.75) is 13.5 Å². The quantitative estimate of drug-likeness (QED) is 0.841. The zero-order valence-corrected chi connectivity index (χ0v) is 8.80. The summed E-state index contributed by atoms with van der Waals surface area (Å²) in [6.07, 6.45) is 0. The van der Waals surface area contributed by atoms with Crippen molar-refractivity contribution in [2.75, 3.05) is 0 Å². The number of nitrogens with zero attached hydrogens (tertiary/aromatic N) is 2. The van der Waals surface area contributed by atoms with E-state index < -0.39 is 0 Å². The second-order valence-electron chi connectivity index (χ2n) is 3.28. The van der Waals surface area contributed by atoms with Crippen molar-refractivity contribution in [3.05, 3.63) is 47.6 Å². The molecule has 1 heterocycles. The van der Waals surface area contributed by atoms with Gasteiger partial charge in [-0.25, -0.2) is 0 Å². The lowest BCUT2D eigenvalue weighted by Crippen LogP contribution is -2.23. The van der Waals surface area contributed by atoms with Crippen LogP contribution in [0.15, 0.2) is 34.9 Å². The summed E-state index contributed by atoms with van der Waals surface area (Å²) in [5.41, 5.74) is 0.614. The van der Waals surface area contributed by atoms with Gasteiger partial charge in [0.25, 0.3) is 5.91 Å².